The number of nitrogens with one attached hydrogen (secondary N) is 1. The van der Waals surface area contributed by atoms with E-state index in [0.717, 1.165) is 17.0 Å². The van der Waals surface area contributed by atoms with E-state index in [-0.39, 0.29) is 24.5 Å². The van der Waals surface area contributed by atoms with Crippen LogP contribution in [-0.2, 0) is 13.2 Å². The van der Waals surface area contributed by atoms with Crippen LogP contribution in [0.15, 0.2) is 41.3 Å². The highest BCUT2D eigenvalue weighted by atomic mass is 35.5. The van der Waals surface area contributed by atoms with Crippen LogP contribution >= 0.6 is 11.6 Å². The van der Waals surface area contributed by atoms with Gasteiger partial charge in [0, 0.05) is 12.1 Å². The van der Waals surface area contributed by atoms with Crippen LogP contribution < -0.4 is 10.5 Å². The Balaban J connectivity index is 2.19. The molecule has 2 aromatic rings. The fourth-order valence-electron chi connectivity index (χ4n) is 2.10. The van der Waals surface area contributed by atoms with Crippen LogP contribution in [0.5, 0.6) is 0 Å². The van der Waals surface area contributed by atoms with E-state index in [4.69, 9.17) is 11.6 Å². The van der Waals surface area contributed by atoms with Crippen LogP contribution in [0.25, 0.3) is 0 Å². The zero-order valence-electron chi connectivity index (χ0n) is 11.8. The Morgan fingerprint density at radius 1 is 1.36 bits per heavy atom. The first-order chi connectivity index (χ1) is 10.4. The summed E-state index contributed by atoms with van der Waals surface area (Å²) in [6, 6.07) is 6.71. The molecular formula is C14H14ClFN3O3+. The minimum Gasteiger partial charge on any atom is -0.316 e. The summed E-state index contributed by atoms with van der Waals surface area (Å²) in [5, 5.41) is 11.1. The Morgan fingerprint density at radius 3 is 2.73 bits per heavy atom. The van der Waals surface area contributed by atoms with E-state index in [2.05, 4.69) is 0 Å². The van der Waals surface area contributed by atoms with Gasteiger partial charge in [-0.25, -0.2) is 4.39 Å². The van der Waals surface area contributed by atoms with Crippen LogP contribution in [0.1, 0.15) is 5.56 Å². The highest BCUT2D eigenvalue weighted by molar-refractivity contribution is 6.31. The topological polar surface area (TPSA) is 69.6 Å². The van der Waals surface area contributed by atoms with Crippen LogP contribution in [-0.4, -0.2) is 16.5 Å². The van der Waals surface area contributed by atoms with Gasteiger partial charge in [-0.05, 0) is 12.1 Å². The van der Waals surface area contributed by atoms with E-state index < -0.39 is 10.7 Å². The minimum absolute atomic E-state index is 0.158. The van der Waals surface area contributed by atoms with Crippen molar-refractivity contribution in [2.24, 2.45) is 0 Å². The van der Waals surface area contributed by atoms with Crippen molar-refractivity contribution in [2.45, 2.75) is 13.2 Å². The van der Waals surface area contributed by atoms with Gasteiger partial charge >= 0.3 is 0 Å². The lowest BCUT2D eigenvalue weighted by atomic mass is 10.2. The Bertz CT molecular complexity index is 743. The Kier molecular flexibility index (Phi) is 4.89. The molecule has 0 saturated heterocycles. The van der Waals surface area contributed by atoms with E-state index in [1.807, 2.05) is 0 Å². The van der Waals surface area contributed by atoms with Gasteiger partial charge in [-0.2, -0.15) is 0 Å². The fourth-order valence-corrected chi connectivity index (χ4v) is 2.33. The lowest BCUT2D eigenvalue weighted by molar-refractivity contribution is -0.917. The normalized spacial score (nSPS) is 12.1. The molecule has 1 heterocycles. The summed E-state index contributed by atoms with van der Waals surface area (Å²) in [5.41, 5.74) is -0.180. The molecule has 1 atom stereocenters. The quantitative estimate of drug-likeness (QED) is 0.663. The van der Waals surface area contributed by atoms with Gasteiger partial charge < -0.3 is 4.90 Å². The zero-order chi connectivity index (χ0) is 16.3. The van der Waals surface area contributed by atoms with E-state index in [1.54, 1.807) is 13.1 Å². The molecule has 1 aromatic heterocycles. The number of halogens is 2. The second-order valence-electron chi connectivity index (χ2n) is 4.94. The number of pyridine rings is 1. The molecule has 0 fully saturated rings. The molecule has 116 valence electrons. The summed E-state index contributed by atoms with van der Waals surface area (Å²) in [6.07, 6.45) is 1.18. The van der Waals surface area contributed by atoms with E-state index in [1.165, 1.54) is 22.9 Å². The monoisotopic (exact) mass is 326 g/mol. The highest BCUT2D eigenvalue weighted by Crippen LogP contribution is 2.17. The van der Waals surface area contributed by atoms with Gasteiger partial charge in [-0.1, -0.05) is 17.7 Å². The Hall–Kier alpha value is -2.25. The molecule has 6 nitrogen and oxygen atoms in total. The molecule has 0 spiro atoms. The molecule has 22 heavy (non-hydrogen) atoms. The molecule has 1 N–H and O–H groups in total. The summed E-state index contributed by atoms with van der Waals surface area (Å²) in [5.74, 6) is -0.418. The maximum absolute atomic E-state index is 13.7. The van der Waals surface area contributed by atoms with Crippen molar-refractivity contribution in [3.63, 3.8) is 0 Å². The average Bonchev–Trinajstić information content (AvgIpc) is 2.45. The average molecular weight is 327 g/mol. The Labute approximate surface area is 130 Å². The Morgan fingerprint density at radius 2 is 2.09 bits per heavy atom. The van der Waals surface area contributed by atoms with Gasteiger partial charge in [0.05, 0.1) is 28.8 Å². The van der Waals surface area contributed by atoms with Crippen LogP contribution in [0, 0.1) is 15.9 Å². The van der Waals surface area contributed by atoms with E-state index >= 15 is 0 Å². The zero-order valence-corrected chi connectivity index (χ0v) is 12.5. The molecular weight excluding hydrogens is 313 g/mol. The molecule has 0 radical (unpaired) electrons. The van der Waals surface area contributed by atoms with Crippen LogP contribution in [0.4, 0.5) is 10.1 Å². The molecule has 0 amide bonds. The maximum atomic E-state index is 13.7. The van der Waals surface area contributed by atoms with Crippen molar-refractivity contribution in [1.29, 1.82) is 0 Å². The molecule has 0 aliphatic carbocycles. The van der Waals surface area contributed by atoms with Crippen molar-refractivity contribution in [3.8, 4) is 0 Å². The molecule has 0 bridgehead atoms. The van der Waals surface area contributed by atoms with E-state index in [0.29, 0.717) is 10.6 Å². The van der Waals surface area contributed by atoms with Crippen molar-refractivity contribution >= 4 is 17.3 Å². The first kappa shape index (κ1) is 16.1. The van der Waals surface area contributed by atoms with Crippen molar-refractivity contribution in [3.05, 3.63) is 73.4 Å². The number of nitrogens with zero attached hydrogens (tertiary/aromatic N) is 2. The molecule has 1 aromatic carbocycles. The van der Waals surface area contributed by atoms with Gasteiger partial charge in [0.25, 0.3) is 11.2 Å². The molecule has 0 aliphatic rings. The third kappa shape index (κ3) is 3.69. The lowest BCUT2D eigenvalue weighted by Gasteiger charge is -2.16. The van der Waals surface area contributed by atoms with Gasteiger partial charge in [-0.3, -0.25) is 19.5 Å². The third-order valence-corrected chi connectivity index (χ3v) is 3.51. The molecule has 8 heteroatoms. The lowest BCUT2D eigenvalue weighted by Crippen LogP contribution is -3.07. The predicted octanol–water partition coefficient (Wildman–Crippen LogP) is 1.22. The molecule has 1 unspecified atom stereocenters. The summed E-state index contributed by atoms with van der Waals surface area (Å²) < 4.78 is 15.0. The number of hydrogen-bond donors (Lipinski definition) is 1. The number of aromatic nitrogens is 1. The van der Waals surface area contributed by atoms with Crippen molar-refractivity contribution < 1.29 is 14.2 Å². The second-order valence-corrected chi connectivity index (χ2v) is 5.35. The predicted molar refractivity (Wildman–Crippen MR) is 79.4 cm³/mol. The number of hydrogen-bond acceptors (Lipinski definition) is 3. The smallest absolute Gasteiger partial charge is 0.285 e. The largest absolute Gasteiger partial charge is 0.316 e. The second kappa shape index (κ2) is 6.67. The summed E-state index contributed by atoms with van der Waals surface area (Å²) in [4.78, 5) is 22.7. The van der Waals surface area contributed by atoms with E-state index in [9.17, 15) is 19.3 Å². The van der Waals surface area contributed by atoms with Gasteiger partial charge in [0.1, 0.15) is 12.4 Å². The first-order valence-electron chi connectivity index (χ1n) is 6.47. The molecule has 0 saturated carbocycles. The number of quaternary nitrogens is 1. The SMILES string of the molecule is C[NH+](Cc1c(F)cccc1Cl)Cn1cc([N+](=O)[O-])ccc1=O. The number of benzene rings is 1. The van der Waals surface area contributed by atoms with Crippen LogP contribution in [0.3, 0.4) is 0 Å². The van der Waals surface area contributed by atoms with Gasteiger partial charge in [-0.15, -0.1) is 0 Å². The summed E-state index contributed by atoms with van der Waals surface area (Å²) in [6.45, 7) is 0.409. The van der Waals surface area contributed by atoms with Gasteiger partial charge in [0.15, 0.2) is 6.67 Å². The maximum Gasteiger partial charge on any atom is 0.285 e. The third-order valence-electron chi connectivity index (χ3n) is 3.16. The number of nitro groups is 1. The first-order valence-corrected chi connectivity index (χ1v) is 6.85. The summed E-state index contributed by atoms with van der Waals surface area (Å²) in [7, 11) is 1.74. The number of rotatable bonds is 5. The van der Waals surface area contributed by atoms with Crippen molar-refractivity contribution in [2.75, 3.05) is 7.05 Å². The molecule has 0 aliphatic heterocycles. The highest BCUT2D eigenvalue weighted by Gasteiger charge is 2.15. The minimum atomic E-state index is -0.570. The van der Waals surface area contributed by atoms with Crippen LogP contribution in [0.2, 0.25) is 5.02 Å². The standard InChI is InChI=1S/C14H13ClFN3O3/c1-17(8-11-12(15)3-2-4-13(11)16)9-18-7-10(19(21)22)5-6-14(18)20/h2-7H,8-9H2,1H3/p+1. The fraction of sp³-hybridized carbons (Fsp3) is 0.214. The summed E-state index contributed by atoms with van der Waals surface area (Å²) >= 11 is 5.96. The van der Waals surface area contributed by atoms with Crippen molar-refractivity contribution in [1.82, 2.24) is 4.57 Å². The molecule has 2 rings (SSSR count). The van der Waals surface area contributed by atoms with Gasteiger partial charge in [0.2, 0.25) is 0 Å².